The molecule has 0 amide bonds. The van der Waals surface area contributed by atoms with E-state index in [4.69, 9.17) is 5.11 Å². The van der Waals surface area contributed by atoms with Gasteiger partial charge >= 0.3 is 5.97 Å². The summed E-state index contributed by atoms with van der Waals surface area (Å²) < 4.78 is 4.65. The number of aromatic hydroxyl groups is 2. The van der Waals surface area contributed by atoms with Crippen LogP contribution in [0.5, 0.6) is 11.5 Å². The summed E-state index contributed by atoms with van der Waals surface area (Å²) in [5.74, 6) is -2.03. The molecule has 0 aromatic heterocycles. The van der Waals surface area contributed by atoms with Crippen molar-refractivity contribution in [2.24, 2.45) is 0 Å². The molecule has 1 aromatic carbocycles. The molecule has 7 nitrogen and oxygen atoms in total. The maximum atomic E-state index is 11.4. The van der Waals surface area contributed by atoms with Crippen LogP contribution in [0.3, 0.4) is 0 Å². The van der Waals surface area contributed by atoms with Crippen molar-refractivity contribution in [2.75, 3.05) is 6.61 Å². The summed E-state index contributed by atoms with van der Waals surface area (Å²) >= 11 is 0. The second kappa shape index (κ2) is 7.41. The summed E-state index contributed by atoms with van der Waals surface area (Å²) in [6.45, 7) is 0.581. The van der Waals surface area contributed by atoms with Gasteiger partial charge in [-0.05, 0) is 30.7 Å². The molecule has 0 heterocycles. The number of Topliss-reactive ketones (excluding diaryl/α,β-unsaturated/α-hetero) is 1. The lowest BCUT2D eigenvalue weighted by Gasteiger charge is -2.14. The Bertz CT molecular complexity index is 550. The SMILES string of the molecule is CC(=O)[C@H](O)[C@H](O)COC(=O)C=Cc1ccc(O)c(O)c1. The van der Waals surface area contributed by atoms with E-state index < -0.39 is 30.6 Å². The third-order valence-electron chi connectivity index (χ3n) is 2.59. The lowest BCUT2D eigenvalue weighted by molar-refractivity contribution is -0.146. The number of phenols is 2. The van der Waals surface area contributed by atoms with Gasteiger partial charge in [0.1, 0.15) is 18.8 Å². The van der Waals surface area contributed by atoms with Gasteiger partial charge in [0.05, 0.1) is 0 Å². The first-order valence-corrected chi connectivity index (χ1v) is 6.04. The number of ketones is 1. The van der Waals surface area contributed by atoms with Gasteiger partial charge < -0.3 is 25.2 Å². The van der Waals surface area contributed by atoms with Crippen LogP contribution in [0.15, 0.2) is 24.3 Å². The van der Waals surface area contributed by atoms with Gasteiger partial charge in [-0.2, -0.15) is 0 Å². The Morgan fingerprint density at radius 3 is 2.48 bits per heavy atom. The number of carbonyl (C=O) groups is 2. The molecule has 1 rings (SSSR count). The molecule has 0 aliphatic heterocycles. The van der Waals surface area contributed by atoms with Gasteiger partial charge in [-0.3, -0.25) is 4.79 Å². The van der Waals surface area contributed by atoms with Gasteiger partial charge in [0, 0.05) is 6.08 Å². The molecule has 114 valence electrons. The quantitative estimate of drug-likeness (QED) is 0.330. The minimum atomic E-state index is -1.60. The van der Waals surface area contributed by atoms with Crippen molar-refractivity contribution in [3.05, 3.63) is 29.8 Å². The lowest BCUT2D eigenvalue weighted by Crippen LogP contribution is -2.36. The van der Waals surface area contributed by atoms with Crippen LogP contribution in [-0.2, 0) is 14.3 Å². The van der Waals surface area contributed by atoms with Gasteiger partial charge in [0.15, 0.2) is 17.3 Å². The summed E-state index contributed by atoms with van der Waals surface area (Å²) in [7, 11) is 0. The number of carbonyl (C=O) groups excluding carboxylic acids is 2. The smallest absolute Gasteiger partial charge is 0.330 e. The maximum absolute atomic E-state index is 11.4. The molecule has 0 bridgehead atoms. The third-order valence-corrected chi connectivity index (χ3v) is 2.59. The number of ether oxygens (including phenoxy) is 1. The number of rotatable bonds is 6. The third kappa shape index (κ3) is 5.25. The van der Waals surface area contributed by atoms with Crippen molar-refractivity contribution in [1.29, 1.82) is 0 Å². The fraction of sp³-hybridized carbons (Fsp3) is 0.286. The van der Waals surface area contributed by atoms with Crippen molar-refractivity contribution in [1.82, 2.24) is 0 Å². The molecular formula is C14H16O7. The Balaban J connectivity index is 2.51. The Hall–Kier alpha value is -2.38. The topological polar surface area (TPSA) is 124 Å². The number of hydrogen-bond acceptors (Lipinski definition) is 7. The van der Waals surface area contributed by atoms with E-state index in [0.29, 0.717) is 5.56 Å². The fourth-order valence-corrected chi connectivity index (χ4v) is 1.39. The van der Waals surface area contributed by atoms with Gasteiger partial charge in [-0.15, -0.1) is 0 Å². The number of aliphatic hydroxyl groups is 2. The van der Waals surface area contributed by atoms with Gasteiger partial charge in [0.25, 0.3) is 0 Å². The zero-order chi connectivity index (χ0) is 16.0. The van der Waals surface area contributed by atoms with Gasteiger partial charge in [-0.25, -0.2) is 4.79 Å². The highest BCUT2D eigenvalue weighted by Crippen LogP contribution is 2.25. The van der Waals surface area contributed by atoms with Crippen molar-refractivity contribution >= 4 is 17.8 Å². The predicted octanol–water partition coefficient (Wildman–Crippen LogP) is -0.0350. The van der Waals surface area contributed by atoms with E-state index in [0.717, 1.165) is 13.0 Å². The van der Waals surface area contributed by atoms with Crippen LogP contribution < -0.4 is 0 Å². The highest BCUT2D eigenvalue weighted by Gasteiger charge is 2.21. The first kappa shape index (κ1) is 16.7. The highest BCUT2D eigenvalue weighted by atomic mass is 16.5. The van der Waals surface area contributed by atoms with Crippen molar-refractivity contribution in [3.8, 4) is 11.5 Å². The van der Waals surface area contributed by atoms with Crippen molar-refractivity contribution < 1.29 is 34.8 Å². The molecule has 0 spiro atoms. The van der Waals surface area contributed by atoms with Crippen LogP contribution in [0.1, 0.15) is 12.5 Å². The minimum Gasteiger partial charge on any atom is -0.504 e. The average molecular weight is 296 g/mol. The molecule has 0 saturated heterocycles. The average Bonchev–Trinajstić information content (AvgIpc) is 2.44. The molecule has 1 aromatic rings. The predicted molar refractivity (Wildman–Crippen MR) is 72.5 cm³/mol. The monoisotopic (exact) mass is 296 g/mol. The van der Waals surface area contributed by atoms with E-state index in [9.17, 15) is 24.9 Å². The van der Waals surface area contributed by atoms with Crippen LogP contribution >= 0.6 is 0 Å². The molecule has 0 saturated carbocycles. The molecule has 0 aliphatic carbocycles. The number of esters is 1. The van der Waals surface area contributed by atoms with Crippen LogP contribution in [-0.4, -0.2) is 51.0 Å². The summed E-state index contributed by atoms with van der Waals surface area (Å²) in [5.41, 5.74) is 0.451. The normalized spacial score (nSPS) is 13.9. The largest absolute Gasteiger partial charge is 0.504 e. The highest BCUT2D eigenvalue weighted by molar-refractivity contribution is 5.87. The summed E-state index contributed by atoms with van der Waals surface area (Å²) in [6.07, 6.45) is -0.720. The molecule has 4 N–H and O–H groups in total. The maximum Gasteiger partial charge on any atom is 0.330 e. The standard InChI is InChI=1S/C14H16O7/c1-8(15)14(20)12(18)7-21-13(19)5-3-9-2-4-10(16)11(17)6-9/h2-6,12,14,16-18,20H,7H2,1H3/t12-,14+/m1/s1. The van der Waals surface area contributed by atoms with Crippen LogP contribution in [0.25, 0.3) is 6.08 Å². The molecule has 21 heavy (non-hydrogen) atoms. The van der Waals surface area contributed by atoms with E-state index in [1.165, 1.54) is 24.3 Å². The second-order valence-electron chi connectivity index (χ2n) is 4.33. The molecule has 7 heteroatoms. The van der Waals surface area contributed by atoms with Crippen molar-refractivity contribution in [2.45, 2.75) is 19.1 Å². The molecule has 0 unspecified atom stereocenters. The first-order chi connectivity index (χ1) is 9.81. The van der Waals surface area contributed by atoms with Crippen molar-refractivity contribution in [3.63, 3.8) is 0 Å². The van der Waals surface area contributed by atoms with E-state index in [-0.39, 0.29) is 11.5 Å². The fourth-order valence-electron chi connectivity index (χ4n) is 1.39. The van der Waals surface area contributed by atoms with Gasteiger partial charge in [0.2, 0.25) is 0 Å². The number of hydrogen-bond donors (Lipinski definition) is 4. The Morgan fingerprint density at radius 2 is 1.90 bits per heavy atom. The summed E-state index contributed by atoms with van der Waals surface area (Å²) in [5, 5.41) is 36.9. The summed E-state index contributed by atoms with van der Waals surface area (Å²) in [4.78, 5) is 22.2. The molecule has 2 atom stereocenters. The van der Waals surface area contributed by atoms with Gasteiger partial charge in [-0.1, -0.05) is 6.07 Å². The molecule has 0 radical (unpaired) electrons. The Kier molecular flexibility index (Phi) is 5.89. The van der Waals surface area contributed by atoms with E-state index >= 15 is 0 Å². The van der Waals surface area contributed by atoms with Crippen LogP contribution in [0, 0.1) is 0 Å². The number of benzene rings is 1. The number of phenolic OH excluding ortho intramolecular Hbond substituents is 2. The second-order valence-corrected chi connectivity index (χ2v) is 4.33. The Morgan fingerprint density at radius 1 is 1.24 bits per heavy atom. The first-order valence-electron chi connectivity index (χ1n) is 6.04. The van der Waals surface area contributed by atoms with E-state index in [2.05, 4.69) is 4.74 Å². The zero-order valence-corrected chi connectivity index (χ0v) is 11.3. The zero-order valence-electron chi connectivity index (χ0n) is 11.3. The lowest BCUT2D eigenvalue weighted by atomic mass is 10.1. The Labute approximate surface area is 120 Å². The molecule has 0 aliphatic rings. The molecular weight excluding hydrogens is 280 g/mol. The van der Waals surface area contributed by atoms with Crippen LogP contribution in [0.2, 0.25) is 0 Å². The van der Waals surface area contributed by atoms with Crippen LogP contribution in [0.4, 0.5) is 0 Å². The summed E-state index contributed by atoms with van der Waals surface area (Å²) in [6, 6.07) is 3.97. The molecule has 0 fully saturated rings. The number of aliphatic hydroxyl groups excluding tert-OH is 2. The van der Waals surface area contributed by atoms with E-state index in [1.54, 1.807) is 0 Å². The van der Waals surface area contributed by atoms with E-state index in [1.807, 2.05) is 0 Å². The minimum absolute atomic E-state index is 0.281.